The summed E-state index contributed by atoms with van der Waals surface area (Å²) in [5.41, 5.74) is 4.51. The van der Waals surface area contributed by atoms with Gasteiger partial charge in [-0.25, -0.2) is 14.2 Å². The Balaban J connectivity index is 1.89. The Bertz CT molecular complexity index is 662. The topological polar surface area (TPSA) is 109 Å². The van der Waals surface area contributed by atoms with Crippen molar-refractivity contribution in [2.45, 2.75) is 0 Å². The van der Waals surface area contributed by atoms with Crippen LogP contribution in [-0.2, 0) is 0 Å². The van der Waals surface area contributed by atoms with Gasteiger partial charge in [-0.3, -0.25) is 21.0 Å². The maximum atomic E-state index is 13.3. The second-order valence-electron chi connectivity index (χ2n) is 3.84. The molecule has 21 heavy (non-hydrogen) atoms. The molecule has 1 aromatic heterocycles. The van der Waals surface area contributed by atoms with Crippen LogP contribution < -0.4 is 16.2 Å². The number of carbonyl (C=O) groups is 1. The van der Waals surface area contributed by atoms with Crippen LogP contribution in [0.4, 0.5) is 26.4 Å². The molecule has 0 unspecified atom stereocenters. The average Bonchev–Trinajstić information content (AvgIpc) is 2.48. The van der Waals surface area contributed by atoms with Gasteiger partial charge in [0.2, 0.25) is 0 Å². The molecule has 3 N–H and O–H groups in total. The monoisotopic (exact) mass is 291 g/mol. The van der Waals surface area contributed by atoms with E-state index in [9.17, 15) is 19.3 Å². The molecular weight excluding hydrogens is 281 g/mol. The van der Waals surface area contributed by atoms with Crippen molar-refractivity contribution < 1.29 is 14.1 Å². The van der Waals surface area contributed by atoms with E-state index >= 15 is 0 Å². The van der Waals surface area contributed by atoms with Gasteiger partial charge in [0.25, 0.3) is 5.69 Å². The van der Waals surface area contributed by atoms with Crippen LogP contribution in [0.15, 0.2) is 42.6 Å². The summed E-state index contributed by atoms with van der Waals surface area (Å²) in [6.07, 6.45) is 1.04. The number of pyridine rings is 1. The highest BCUT2D eigenvalue weighted by Crippen LogP contribution is 2.12. The van der Waals surface area contributed by atoms with Crippen molar-refractivity contribution in [1.29, 1.82) is 0 Å². The van der Waals surface area contributed by atoms with Crippen molar-refractivity contribution in [3.63, 3.8) is 0 Å². The number of hydrogen-bond donors (Lipinski definition) is 3. The van der Waals surface area contributed by atoms with E-state index in [0.717, 1.165) is 6.20 Å². The molecule has 9 heteroatoms. The Morgan fingerprint density at radius 1 is 1.24 bits per heavy atom. The molecule has 2 amide bonds. The highest BCUT2D eigenvalue weighted by atomic mass is 19.1. The van der Waals surface area contributed by atoms with Gasteiger partial charge in [-0.15, -0.1) is 0 Å². The van der Waals surface area contributed by atoms with Crippen LogP contribution in [0.25, 0.3) is 0 Å². The first-order chi connectivity index (χ1) is 10.1. The lowest BCUT2D eigenvalue weighted by Crippen LogP contribution is -2.34. The van der Waals surface area contributed by atoms with Gasteiger partial charge in [0, 0.05) is 6.07 Å². The van der Waals surface area contributed by atoms with Crippen LogP contribution in [0, 0.1) is 15.9 Å². The van der Waals surface area contributed by atoms with Gasteiger partial charge >= 0.3 is 6.03 Å². The molecule has 1 aromatic carbocycles. The first kappa shape index (κ1) is 14.2. The molecule has 1 heterocycles. The largest absolute Gasteiger partial charge is 0.337 e. The summed E-state index contributed by atoms with van der Waals surface area (Å²) in [5.74, 6) is -0.370. The molecule has 0 aliphatic rings. The number of carbonyl (C=O) groups excluding carboxylic acids is 1. The molecule has 2 aromatic rings. The predicted molar refractivity (Wildman–Crippen MR) is 73.1 cm³/mol. The zero-order chi connectivity index (χ0) is 15.2. The van der Waals surface area contributed by atoms with E-state index in [1.165, 1.54) is 30.3 Å². The van der Waals surface area contributed by atoms with E-state index in [4.69, 9.17) is 0 Å². The number of hydrogen-bond acceptors (Lipinski definition) is 5. The summed E-state index contributed by atoms with van der Waals surface area (Å²) in [5, 5.41) is 12.7. The Hall–Kier alpha value is -3.23. The van der Waals surface area contributed by atoms with Crippen LogP contribution in [0.3, 0.4) is 0 Å². The maximum Gasteiger partial charge on any atom is 0.337 e. The minimum atomic E-state index is -0.708. The van der Waals surface area contributed by atoms with Crippen molar-refractivity contribution >= 4 is 23.2 Å². The van der Waals surface area contributed by atoms with E-state index in [2.05, 4.69) is 21.2 Å². The average molecular weight is 291 g/mol. The number of para-hydroxylation sites is 1. The lowest BCUT2D eigenvalue weighted by atomic mass is 10.3. The summed E-state index contributed by atoms with van der Waals surface area (Å²) in [4.78, 5) is 25.1. The molecule has 0 saturated carbocycles. The van der Waals surface area contributed by atoms with Crippen molar-refractivity contribution in [2.24, 2.45) is 0 Å². The molecule has 0 radical (unpaired) electrons. The zero-order valence-corrected chi connectivity index (χ0v) is 10.5. The van der Waals surface area contributed by atoms with E-state index in [-0.39, 0.29) is 17.2 Å². The van der Waals surface area contributed by atoms with Crippen molar-refractivity contribution in [2.75, 3.05) is 10.7 Å². The maximum absolute atomic E-state index is 13.3. The summed E-state index contributed by atoms with van der Waals surface area (Å²) in [6.45, 7) is 0. The van der Waals surface area contributed by atoms with E-state index in [0.29, 0.717) is 0 Å². The summed E-state index contributed by atoms with van der Waals surface area (Å²) >= 11 is 0. The fourth-order valence-electron chi connectivity index (χ4n) is 1.40. The zero-order valence-electron chi connectivity index (χ0n) is 10.5. The van der Waals surface area contributed by atoms with Crippen LogP contribution >= 0.6 is 0 Å². The molecule has 0 aliphatic heterocycles. The second-order valence-corrected chi connectivity index (χ2v) is 3.84. The fourth-order valence-corrected chi connectivity index (χ4v) is 1.40. The number of nitrogens with zero attached hydrogens (tertiary/aromatic N) is 2. The van der Waals surface area contributed by atoms with Crippen molar-refractivity contribution in [1.82, 2.24) is 10.4 Å². The predicted octanol–water partition coefficient (Wildman–Crippen LogP) is 2.28. The molecular formula is C12H10FN5O3. The number of nitro groups is 1. The number of benzene rings is 1. The summed E-state index contributed by atoms with van der Waals surface area (Å²) in [7, 11) is 0. The van der Waals surface area contributed by atoms with Crippen LogP contribution in [-0.4, -0.2) is 15.9 Å². The number of aromatic nitrogens is 1. The smallest absolute Gasteiger partial charge is 0.304 e. The highest BCUT2D eigenvalue weighted by molar-refractivity contribution is 5.89. The third-order valence-corrected chi connectivity index (χ3v) is 2.38. The van der Waals surface area contributed by atoms with E-state index < -0.39 is 16.8 Å². The number of amides is 2. The standard InChI is InChI=1S/C12H10FN5O3/c13-9-3-1-2-4-10(9)15-12(19)17-16-11-6-5-8(7-14-11)18(20)21/h1-7H,(H,14,16)(H2,15,17,19). The number of urea groups is 1. The number of anilines is 2. The summed E-state index contributed by atoms with van der Waals surface area (Å²) < 4.78 is 13.3. The molecule has 0 saturated heterocycles. The van der Waals surface area contributed by atoms with E-state index in [1.807, 2.05) is 0 Å². The van der Waals surface area contributed by atoms with Gasteiger partial charge < -0.3 is 5.32 Å². The number of hydrazine groups is 1. The molecule has 0 fully saturated rings. The van der Waals surface area contributed by atoms with Gasteiger partial charge in [0.15, 0.2) is 0 Å². The molecule has 0 spiro atoms. The van der Waals surface area contributed by atoms with Gasteiger partial charge in [0.1, 0.15) is 17.8 Å². The van der Waals surface area contributed by atoms with Gasteiger partial charge in [-0.05, 0) is 18.2 Å². The summed E-state index contributed by atoms with van der Waals surface area (Å²) in [6, 6.07) is 7.52. The lowest BCUT2D eigenvalue weighted by molar-refractivity contribution is -0.385. The number of nitrogens with one attached hydrogen (secondary N) is 3. The fraction of sp³-hybridized carbons (Fsp3) is 0. The second kappa shape index (κ2) is 6.28. The molecule has 108 valence electrons. The van der Waals surface area contributed by atoms with Crippen molar-refractivity contribution in [3.8, 4) is 0 Å². The lowest BCUT2D eigenvalue weighted by Gasteiger charge is -2.09. The Morgan fingerprint density at radius 3 is 2.62 bits per heavy atom. The SMILES string of the molecule is O=C(NNc1ccc([N+](=O)[O-])cn1)Nc1ccccc1F. The first-order valence-corrected chi connectivity index (χ1v) is 5.74. The molecule has 8 nitrogen and oxygen atoms in total. The quantitative estimate of drug-likeness (QED) is 0.591. The molecule has 0 aliphatic carbocycles. The third kappa shape index (κ3) is 3.86. The Kier molecular flexibility index (Phi) is 4.24. The van der Waals surface area contributed by atoms with Gasteiger partial charge in [-0.2, -0.15) is 0 Å². The Labute approximate surface area is 118 Å². The van der Waals surface area contributed by atoms with Gasteiger partial charge in [0.05, 0.1) is 10.6 Å². The minimum Gasteiger partial charge on any atom is -0.304 e. The van der Waals surface area contributed by atoms with Crippen molar-refractivity contribution in [3.05, 3.63) is 58.5 Å². The minimum absolute atomic E-state index is 0.0217. The molecule has 2 rings (SSSR count). The Morgan fingerprint density at radius 2 is 2.00 bits per heavy atom. The normalized spacial score (nSPS) is 9.76. The van der Waals surface area contributed by atoms with Crippen LogP contribution in [0.5, 0.6) is 0 Å². The first-order valence-electron chi connectivity index (χ1n) is 5.74. The number of halogens is 1. The highest BCUT2D eigenvalue weighted by Gasteiger charge is 2.07. The molecule has 0 bridgehead atoms. The van der Waals surface area contributed by atoms with E-state index in [1.54, 1.807) is 6.07 Å². The van der Waals surface area contributed by atoms with Crippen LogP contribution in [0.1, 0.15) is 0 Å². The molecule has 0 atom stereocenters. The number of rotatable bonds is 4. The third-order valence-electron chi connectivity index (χ3n) is 2.38. The van der Waals surface area contributed by atoms with Gasteiger partial charge in [-0.1, -0.05) is 12.1 Å². The van der Waals surface area contributed by atoms with Crippen LogP contribution in [0.2, 0.25) is 0 Å².